The van der Waals surface area contributed by atoms with Crippen LogP contribution in [0.3, 0.4) is 0 Å². The van der Waals surface area contributed by atoms with Gasteiger partial charge < -0.3 is 15.0 Å². The van der Waals surface area contributed by atoms with Crippen LogP contribution in [-0.2, 0) is 9.59 Å². The fraction of sp³-hybridized carbons (Fsp3) is 0.421. The van der Waals surface area contributed by atoms with Crippen LogP contribution in [0.2, 0.25) is 0 Å². The third-order valence-corrected chi connectivity index (χ3v) is 5.40. The molecule has 4 amide bonds. The molecule has 1 aliphatic carbocycles. The molecule has 0 spiro atoms. The molecule has 2 heterocycles. The maximum Gasteiger partial charge on any atom is 0.321 e. The van der Waals surface area contributed by atoms with Crippen molar-refractivity contribution in [1.29, 1.82) is 0 Å². The lowest BCUT2D eigenvalue weighted by atomic mass is 9.85. The molecule has 0 radical (unpaired) electrons. The van der Waals surface area contributed by atoms with Gasteiger partial charge in [-0.2, -0.15) is 0 Å². The topological polar surface area (TPSA) is 79.0 Å². The Morgan fingerprint density at radius 1 is 1.04 bits per heavy atom. The molecule has 1 aromatic carbocycles. The fourth-order valence-electron chi connectivity index (χ4n) is 3.85. The van der Waals surface area contributed by atoms with Gasteiger partial charge in [-0.25, -0.2) is 4.79 Å². The first-order valence-corrected chi connectivity index (χ1v) is 8.80. The van der Waals surface area contributed by atoms with Crippen LogP contribution in [0.1, 0.15) is 12.8 Å². The Kier molecular flexibility index (Phi) is 4.14. The molecule has 3 aliphatic rings. The molecular weight excluding hydrogens is 334 g/mol. The average molecular weight is 355 g/mol. The number of nitrogens with one attached hydrogen (secondary N) is 1. The predicted molar refractivity (Wildman–Crippen MR) is 94.6 cm³/mol. The highest BCUT2D eigenvalue weighted by molar-refractivity contribution is 6.06. The standard InChI is InChI=1S/C19H21N3O4/c1-26-14-8-6-12(7-9-14)20-19(25)21-10-13(11-21)22-17(23)15-4-2-3-5-16(15)18(22)24/h2-3,6-9,13,15-16H,4-5,10-11H2,1H3,(H,20,25). The van der Waals surface area contributed by atoms with Gasteiger partial charge in [0.2, 0.25) is 11.8 Å². The smallest absolute Gasteiger partial charge is 0.321 e. The molecule has 2 aliphatic heterocycles. The number of hydrogen-bond donors (Lipinski definition) is 1. The number of carbonyl (C=O) groups is 3. The van der Waals surface area contributed by atoms with Gasteiger partial charge in [0, 0.05) is 18.8 Å². The van der Waals surface area contributed by atoms with Gasteiger partial charge in [-0.1, -0.05) is 12.2 Å². The highest BCUT2D eigenvalue weighted by atomic mass is 16.5. The summed E-state index contributed by atoms with van der Waals surface area (Å²) < 4.78 is 5.09. The van der Waals surface area contributed by atoms with Gasteiger partial charge in [0.15, 0.2) is 0 Å². The number of likely N-dealkylation sites (tertiary alicyclic amines) is 2. The van der Waals surface area contributed by atoms with Crippen LogP contribution in [-0.4, -0.2) is 53.9 Å². The molecule has 7 nitrogen and oxygen atoms in total. The maximum absolute atomic E-state index is 12.6. The van der Waals surface area contributed by atoms with Crippen LogP contribution in [0.4, 0.5) is 10.5 Å². The summed E-state index contributed by atoms with van der Waals surface area (Å²) in [5, 5.41) is 2.81. The van der Waals surface area contributed by atoms with Crippen molar-refractivity contribution < 1.29 is 19.1 Å². The number of fused-ring (bicyclic) bond motifs is 1. The third-order valence-electron chi connectivity index (χ3n) is 5.40. The molecule has 0 aromatic heterocycles. The highest BCUT2D eigenvalue weighted by Gasteiger charge is 2.52. The second-order valence-corrected chi connectivity index (χ2v) is 6.92. The first-order chi connectivity index (χ1) is 12.6. The zero-order valence-corrected chi connectivity index (χ0v) is 14.6. The van der Waals surface area contributed by atoms with Crippen LogP contribution < -0.4 is 10.1 Å². The fourth-order valence-corrected chi connectivity index (χ4v) is 3.85. The van der Waals surface area contributed by atoms with E-state index in [9.17, 15) is 14.4 Å². The summed E-state index contributed by atoms with van der Waals surface area (Å²) in [6, 6.07) is 6.63. The van der Waals surface area contributed by atoms with Crippen molar-refractivity contribution in [2.45, 2.75) is 18.9 Å². The number of hydrogen-bond acceptors (Lipinski definition) is 4. The van der Waals surface area contributed by atoms with Gasteiger partial charge in [-0.3, -0.25) is 14.5 Å². The Morgan fingerprint density at radius 2 is 1.62 bits per heavy atom. The average Bonchev–Trinajstić information content (AvgIpc) is 2.87. The molecule has 0 bridgehead atoms. The van der Waals surface area contributed by atoms with Crippen molar-refractivity contribution >= 4 is 23.5 Å². The Morgan fingerprint density at radius 3 is 2.15 bits per heavy atom. The summed E-state index contributed by atoms with van der Waals surface area (Å²) in [7, 11) is 1.58. The third kappa shape index (κ3) is 2.73. The molecule has 1 aromatic rings. The Hall–Kier alpha value is -2.83. The van der Waals surface area contributed by atoms with Crippen molar-refractivity contribution in [2.24, 2.45) is 11.8 Å². The number of rotatable bonds is 3. The minimum atomic E-state index is -0.232. The predicted octanol–water partition coefficient (Wildman–Crippen LogP) is 1.86. The number of allylic oxidation sites excluding steroid dienone is 2. The number of amides is 4. The SMILES string of the molecule is COc1ccc(NC(=O)N2CC(N3C(=O)C4CC=CCC4C3=O)C2)cc1. The van der Waals surface area contributed by atoms with E-state index >= 15 is 0 Å². The van der Waals surface area contributed by atoms with E-state index in [0.29, 0.717) is 37.4 Å². The lowest BCUT2D eigenvalue weighted by Gasteiger charge is -2.43. The van der Waals surface area contributed by atoms with E-state index in [1.165, 1.54) is 4.90 Å². The van der Waals surface area contributed by atoms with Gasteiger partial charge in [0.1, 0.15) is 5.75 Å². The number of carbonyl (C=O) groups excluding carboxylic acids is 3. The van der Waals surface area contributed by atoms with Gasteiger partial charge >= 0.3 is 6.03 Å². The second kappa shape index (κ2) is 6.48. The van der Waals surface area contributed by atoms with Crippen molar-refractivity contribution in [2.75, 3.05) is 25.5 Å². The molecule has 26 heavy (non-hydrogen) atoms. The number of urea groups is 1. The number of methoxy groups -OCH3 is 1. The number of anilines is 1. The van der Waals surface area contributed by atoms with Gasteiger partial charge in [0.25, 0.3) is 0 Å². The summed E-state index contributed by atoms with van der Waals surface area (Å²) in [5.41, 5.74) is 0.671. The van der Waals surface area contributed by atoms with Gasteiger partial charge in [0.05, 0.1) is 25.0 Å². The minimum absolute atomic E-state index is 0.0791. The van der Waals surface area contributed by atoms with Gasteiger partial charge in [-0.15, -0.1) is 0 Å². The van der Waals surface area contributed by atoms with E-state index in [0.717, 1.165) is 0 Å². The molecule has 0 saturated carbocycles. The largest absolute Gasteiger partial charge is 0.497 e. The molecule has 136 valence electrons. The maximum atomic E-state index is 12.6. The van der Waals surface area contributed by atoms with Crippen LogP contribution in [0, 0.1) is 11.8 Å². The number of benzene rings is 1. The highest BCUT2D eigenvalue weighted by Crippen LogP contribution is 2.37. The second-order valence-electron chi connectivity index (χ2n) is 6.92. The van der Waals surface area contributed by atoms with Crippen LogP contribution in [0.5, 0.6) is 5.75 Å². The van der Waals surface area contributed by atoms with Crippen molar-refractivity contribution in [1.82, 2.24) is 9.80 Å². The quantitative estimate of drug-likeness (QED) is 0.663. The van der Waals surface area contributed by atoms with Crippen LogP contribution in [0.15, 0.2) is 36.4 Å². The molecule has 2 saturated heterocycles. The number of ether oxygens (including phenoxy) is 1. The van der Waals surface area contributed by atoms with Crippen LogP contribution >= 0.6 is 0 Å². The molecule has 2 fully saturated rings. The summed E-state index contributed by atoms with van der Waals surface area (Å²) in [6.45, 7) is 0.763. The Bertz CT molecular complexity index is 741. The molecular formula is C19H21N3O4. The van der Waals surface area contributed by atoms with E-state index in [1.54, 1.807) is 36.3 Å². The zero-order valence-electron chi connectivity index (χ0n) is 14.6. The monoisotopic (exact) mass is 355 g/mol. The van der Waals surface area contributed by atoms with E-state index in [1.807, 2.05) is 12.2 Å². The van der Waals surface area contributed by atoms with E-state index in [2.05, 4.69) is 5.32 Å². The molecule has 2 unspecified atom stereocenters. The van der Waals surface area contributed by atoms with Gasteiger partial charge in [-0.05, 0) is 37.1 Å². The summed E-state index contributed by atoms with van der Waals surface area (Å²) in [4.78, 5) is 40.4. The number of imide groups is 1. The summed E-state index contributed by atoms with van der Waals surface area (Å²) in [5.74, 6) is 0.132. The lowest BCUT2D eigenvalue weighted by Crippen LogP contribution is -2.63. The van der Waals surface area contributed by atoms with Crippen molar-refractivity contribution in [3.05, 3.63) is 36.4 Å². The first kappa shape index (κ1) is 16.6. The van der Waals surface area contributed by atoms with Crippen molar-refractivity contribution in [3.8, 4) is 5.75 Å². The first-order valence-electron chi connectivity index (χ1n) is 8.80. The Labute approximate surface area is 151 Å². The number of nitrogens with zero attached hydrogens (tertiary/aromatic N) is 2. The molecule has 2 atom stereocenters. The zero-order chi connectivity index (χ0) is 18.3. The summed E-state index contributed by atoms with van der Waals surface area (Å²) in [6.07, 6.45) is 5.23. The molecule has 7 heteroatoms. The minimum Gasteiger partial charge on any atom is -0.497 e. The van der Waals surface area contributed by atoms with E-state index < -0.39 is 0 Å². The van der Waals surface area contributed by atoms with E-state index in [4.69, 9.17) is 4.74 Å². The summed E-state index contributed by atoms with van der Waals surface area (Å²) >= 11 is 0. The van der Waals surface area contributed by atoms with E-state index in [-0.39, 0.29) is 35.7 Å². The normalized spacial score (nSPS) is 25.1. The Balaban J connectivity index is 1.34. The molecule has 4 rings (SSSR count). The lowest BCUT2D eigenvalue weighted by molar-refractivity contribution is -0.145. The molecule has 1 N–H and O–H groups in total. The van der Waals surface area contributed by atoms with Crippen LogP contribution in [0.25, 0.3) is 0 Å². The van der Waals surface area contributed by atoms with Crippen molar-refractivity contribution in [3.63, 3.8) is 0 Å².